The first-order valence-corrected chi connectivity index (χ1v) is 10.4. The molecule has 0 radical (unpaired) electrons. The summed E-state index contributed by atoms with van der Waals surface area (Å²) >= 11 is 6.14. The minimum Gasteiger partial charge on any atom is -0.480 e. The van der Waals surface area contributed by atoms with Crippen LogP contribution in [-0.2, 0) is 0 Å². The molecule has 3 aromatic carbocycles. The Morgan fingerprint density at radius 2 is 1.66 bits per heavy atom. The topological polar surface area (TPSA) is 41.5 Å². The fourth-order valence-electron chi connectivity index (χ4n) is 4.81. The van der Waals surface area contributed by atoms with E-state index in [2.05, 4.69) is 30.4 Å². The molecule has 148 valence electrons. The van der Waals surface area contributed by atoms with E-state index in [1.807, 2.05) is 56.3 Å². The third kappa shape index (κ3) is 2.84. The van der Waals surface area contributed by atoms with Gasteiger partial charge in [-0.25, -0.2) is 0 Å². The Balaban J connectivity index is 1.79. The van der Waals surface area contributed by atoms with Gasteiger partial charge < -0.3 is 15.2 Å². The number of ether oxygens (including phenoxy) is 1. The summed E-state index contributed by atoms with van der Waals surface area (Å²) in [7, 11) is 0. The zero-order valence-electron chi connectivity index (χ0n) is 16.7. The molecule has 2 aliphatic rings. The molecule has 4 heteroatoms. The SMILES string of the molecule is C[C@H]1c2c(ccc3c2[C@H](c2ccc(Cl)cc2)Oc2ccccc2-3)NC(C)(C)[C@@H]1O. The quantitative estimate of drug-likeness (QED) is 0.509. The number of fused-ring (bicyclic) bond motifs is 5. The van der Waals surface area contributed by atoms with Crippen molar-refractivity contribution in [2.75, 3.05) is 5.32 Å². The lowest BCUT2D eigenvalue weighted by Crippen LogP contribution is -2.50. The van der Waals surface area contributed by atoms with Crippen molar-refractivity contribution in [1.29, 1.82) is 0 Å². The van der Waals surface area contributed by atoms with Crippen molar-refractivity contribution in [3.05, 3.63) is 82.4 Å². The van der Waals surface area contributed by atoms with Crippen molar-refractivity contribution < 1.29 is 9.84 Å². The van der Waals surface area contributed by atoms with Gasteiger partial charge in [0.25, 0.3) is 0 Å². The molecule has 2 N–H and O–H groups in total. The first-order valence-electron chi connectivity index (χ1n) is 10.0. The van der Waals surface area contributed by atoms with Crippen molar-refractivity contribution >= 4 is 17.3 Å². The molecule has 2 heterocycles. The zero-order valence-corrected chi connectivity index (χ0v) is 17.5. The van der Waals surface area contributed by atoms with Crippen molar-refractivity contribution in [1.82, 2.24) is 0 Å². The normalized spacial score (nSPS) is 23.8. The third-order valence-electron chi connectivity index (χ3n) is 6.27. The summed E-state index contributed by atoms with van der Waals surface area (Å²) in [5.41, 5.74) is 6.21. The van der Waals surface area contributed by atoms with Gasteiger partial charge in [0.2, 0.25) is 0 Å². The molecule has 0 bridgehead atoms. The predicted octanol–water partition coefficient (Wildman–Crippen LogP) is 6.16. The summed E-state index contributed by atoms with van der Waals surface area (Å²) in [5, 5.41) is 15.3. The molecule has 2 aliphatic heterocycles. The molecule has 0 saturated carbocycles. The number of aliphatic hydroxyl groups excluding tert-OH is 1. The van der Waals surface area contributed by atoms with Gasteiger partial charge in [-0.1, -0.05) is 54.9 Å². The van der Waals surface area contributed by atoms with Crippen LogP contribution in [0.25, 0.3) is 11.1 Å². The Hall–Kier alpha value is -2.49. The molecule has 0 unspecified atom stereocenters. The maximum absolute atomic E-state index is 11.0. The summed E-state index contributed by atoms with van der Waals surface area (Å²) in [6, 6.07) is 20.3. The van der Waals surface area contributed by atoms with Gasteiger partial charge >= 0.3 is 0 Å². The monoisotopic (exact) mass is 405 g/mol. The van der Waals surface area contributed by atoms with Crippen LogP contribution < -0.4 is 10.1 Å². The highest BCUT2D eigenvalue weighted by Crippen LogP contribution is 2.52. The lowest BCUT2D eigenvalue weighted by atomic mass is 9.74. The molecule has 3 atom stereocenters. The highest BCUT2D eigenvalue weighted by molar-refractivity contribution is 6.30. The van der Waals surface area contributed by atoms with Gasteiger partial charge in [0, 0.05) is 27.8 Å². The minimum absolute atomic E-state index is 0.0279. The molecule has 5 rings (SSSR count). The van der Waals surface area contributed by atoms with E-state index in [0.29, 0.717) is 5.02 Å². The number of halogens is 1. The van der Waals surface area contributed by atoms with Crippen LogP contribution in [0.3, 0.4) is 0 Å². The van der Waals surface area contributed by atoms with Gasteiger partial charge in [0.15, 0.2) is 0 Å². The number of anilines is 1. The Labute approximate surface area is 176 Å². The molecule has 29 heavy (non-hydrogen) atoms. The van der Waals surface area contributed by atoms with E-state index in [0.717, 1.165) is 39.3 Å². The molecule has 0 spiro atoms. The van der Waals surface area contributed by atoms with Crippen LogP contribution in [0.15, 0.2) is 60.7 Å². The molecule has 0 aromatic heterocycles. The lowest BCUT2D eigenvalue weighted by molar-refractivity contribution is 0.0857. The van der Waals surface area contributed by atoms with Crippen molar-refractivity contribution in [2.24, 2.45) is 0 Å². The number of benzene rings is 3. The average Bonchev–Trinajstić information content (AvgIpc) is 2.71. The standard InChI is InChI=1S/C25H24ClNO2/c1-14-21-19(27-25(2,3)24(14)28)13-12-18-17-6-4-5-7-20(17)29-23(22(18)21)15-8-10-16(26)11-9-15/h4-14,23-24,27-28H,1-3H3/t14-,23-,24+/m0/s1. The number of para-hydroxylation sites is 1. The second-order valence-electron chi connectivity index (χ2n) is 8.61. The maximum atomic E-state index is 11.0. The highest BCUT2D eigenvalue weighted by Gasteiger charge is 2.42. The van der Waals surface area contributed by atoms with Gasteiger partial charge in [-0.15, -0.1) is 0 Å². The van der Waals surface area contributed by atoms with E-state index in [1.54, 1.807) is 0 Å². The van der Waals surface area contributed by atoms with E-state index < -0.39 is 11.6 Å². The van der Waals surface area contributed by atoms with Crippen LogP contribution >= 0.6 is 11.6 Å². The van der Waals surface area contributed by atoms with Crippen molar-refractivity contribution in [3.8, 4) is 16.9 Å². The van der Waals surface area contributed by atoms with E-state index in [9.17, 15) is 5.11 Å². The molecule has 3 aromatic rings. The highest BCUT2D eigenvalue weighted by atomic mass is 35.5. The average molecular weight is 406 g/mol. The molecular weight excluding hydrogens is 382 g/mol. The van der Waals surface area contributed by atoms with Crippen molar-refractivity contribution in [2.45, 2.75) is 44.4 Å². The fraction of sp³-hybridized carbons (Fsp3) is 0.280. The largest absolute Gasteiger partial charge is 0.480 e. The first kappa shape index (κ1) is 18.5. The first-order chi connectivity index (χ1) is 13.9. The molecular formula is C25H24ClNO2. The van der Waals surface area contributed by atoms with Gasteiger partial charge in [-0.3, -0.25) is 0 Å². The summed E-state index contributed by atoms with van der Waals surface area (Å²) in [6.07, 6.45) is -0.769. The Bertz CT molecular complexity index is 1090. The summed E-state index contributed by atoms with van der Waals surface area (Å²) < 4.78 is 6.53. The summed E-state index contributed by atoms with van der Waals surface area (Å²) in [6.45, 7) is 6.18. The molecule has 3 nitrogen and oxygen atoms in total. The van der Waals surface area contributed by atoms with Gasteiger partial charge in [0.05, 0.1) is 11.6 Å². The van der Waals surface area contributed by atoms with Gasteiger partial charge in [-0.05, 0) is 54.8 Å². The number of nitrogens with one attached hydrogen (secondary N) is 1. The van der Waals surface area contributed by atoms with Crippen LogP contribution in [0.4, 0.5) is 5.69 Å². The van der Waals surface area contributed by atoms with Crippen LogP contribution in [0.1, 0.15) is 49.5 Å². The van der Waals surface area contributed by atoms with E-state index in [4.69, 9.17) is 16.3 Å². The maximum Gasteiger partial charge on any atom is 0.150 e. The second kappa shape index (κ2) is 6.51. The van der Waals surface area contributed by atoms with E-state index in [1.165, 1.54) is 0 Å². The van der Waals surface area contributed by atoms with E-state index in [-0.39, 0.29) is 12.0 Å². The third-order valence-corrected chi connectivity index (χ3v) is 6.52. The number of hydrogen-bond acceptors (Lipinski definition) is 3. The smallest absolute Gasteiger partial charge is 0.150 e. The van der Waals surface area contributed by atoms with Crippen LogP contribution in [0.2, 0.25) is 5.02 Å². The molecule has 0 saturated heterocycles. The molecule has 0 aliphatic carbocycles. The lowest BCUT2D eigenvalue weighted by Gasteiger charge is -2.45. The van der Waals surface area contributed by atoms with Crippen molar-refractivity contribution in [3.63, 3.8) is 0 Å². The second-order valence-corrected chi connectivity index (χ2v) is 9.05. The summed E-state index contributed by atoms with van der Waals surface area (Å²) in [5.74, 6) is 0.845. The summed E-state index contributed by atoms with van der Waals surface area (Å²) in [4.78, 5) is 0. The predicted molar refractivity (Wildman–Crippen MR) is 118 cm³/mol. The molecule has 0 amide bonds. The van der Waals surface area contributed by atoms with Gasteiger partial charge in [-0.2, -0.15) is 0 Å². The Morgan fingerprint density at radius 1 is 0.931 bits per heavy atom. The Morgan fingerprint density at radius 3 is 2.41 bits per heavy atom. The minimum atomic E-state index is -0.510. The van der Waals surface area contributed by atoms with Crippen LogP contribution in [0.5, 0.6) is 5.75 Å². The number of hydrogen-bond donors (Lipinski definition) is 2. The fourth-order valence-corrected chi connectivity index (χ4v) is 4.93. The Kier molecular flexibility index (Phi) is 4.16. The number of aliphatic hydroxyl groups is 1. The molecule has 0 fully saturated rings. The van der Waals surface area contributed by atoms with Gasteiger partial charge in [0.1, 0.15) is 11.9 Å². The van der Waals surface area contributed by atoms with Crippen LogP contribution in [0, 0.1) is 0 Å². The van der Waals surface area contributed by atoms with E-state index >= 15 is 0 Å². The number of rotatable bonds is 1. The van der Waals surface area contributed by atoms with Crippen LogP contribution in [-0.4, -0.2) is 16.7 Å². The zero-order chi connectivity index (χ0) is 20.3.